The number of rotatable bonds is 37. The second-order valence-corrected chi connectivity index (χ2v) is 16.0. The Morgan fingerprint density at radius 2 is 0.980 bits per heavy atom. The van der Waals surface area contributed by atoms with E-state index in [-0.39, 0.29) is 11.9 Å². The summed E-state index contributed by atoms with van der Waals surface area (Å²) in [6.45, 7) is 14.8. The minimum absolute atomic E-state index is 0.00530. The Labute approximate surface area is 307 Å². The molecule has 0 radical (unpaired) electrons. The van der Waals surface area contributed by atoms with Gasteiger partial charge in [-0.1, -0.05) is 189 Å². The maximum absolute atomic E-state index is 12.2. The van der Waals surface area contributed by atoms with Crippen molar-refractivity contribution in [1.29, 1.82) is 0 Å². The predicted octanol–water partition coefficient (Wildman–Crippen LogP) is 14.5. The van der Waals surface area contributed by atoms with Crippen LogP contribution in [0.1, 0.15) is 228 Å². The molecular formula is C45H86O4. The predicted molar refractivity (Wildman–Crippen MR) is 213 cm³/mol. The van der Waals surface area contributed by atoms with E-state index in [9.17, 15) is 9.59 Å². The van der Waals surface area contributed by atoms with Gasteiger partial charge in [-0.15, -0.1) is 0 Å². The van der Waals surface area contributed by atoms with Crippen LogP contribution in [0.2, 0.25) is 0 Å². The summed E-state index contributed by atoms with van der Waals surface area (Å²) >= 11 is 0. The molecule has 49 heavy (non-hydrogen) atoms. The molecule has 2 unspecified atom stereocenters. The SMILES string of the molecule is CCCCCC/C=C\COC(=O)CCCCCCCCCC(CCCC)CCCCCCCCCC(=O)OCCC(CCC(C)C)C(C)C. The second-order valence-electron chi connectivity index (χ2n) is 16.0. The van der Waals surface area contributed by atoms with Gasteiger partial charge in [0.05, 0.1) is 6.61 Å². The Hall–Kier alpha value is -1.32. The van der Waals surface area contributed by atoms with Crippen molar-refractivity contribution < 1.29 is 19.1 Å². The molecule has 0 saturated carbocycles. The van der Waals surface area contributed by atoms with Crippen LogP contribution in [0.4, 0.5) is 0 Å². The molecule has 0 aliphatic rings. The van der Waals surface area contributed by atoms with Gasteiger partial charge < -0.3 is 9.47 Å². The summed E-state index contributed by atoms with van der Waals surface area (Å²) in [5.74, 6) is 2.95. The van der Waals surface area contributed by atoms with E-state index < -0.39 is 0 Å². The molecule has 0 rings (SSSR count). The average molecular weight is 691 g/mol. The Morgan fingerprint density at radius 3 is 1.51 bits per heavy atom. The van der Waals surface area contributed by atoms with Gasteiger partial charge in [-0.25, -0.2) is 0 Å². The van der Waals surface area contributed by atoms with Gasteiger partial charge in [-0.2, -0.15) is 0 Å². The van der Waals surface area contributed by atoms with Gasteiger partial charge in [0.2, 0.25) is 0 Å². The summed E-state index contributed by atoms with van der Waals surface area (Å²) in [5.41, 5.74) is 0. The van der Waals surface area contributed by atoms with Gasteiger partial charge in [0, 0.05) is 12.8 Å². The molecule has 0 aromatic carbocycles. The van der Waals surface area contributed by atoms with Crippen molar-refractivity contribution in [2.24, 2.45) is 23.7 Å². The van der Waals surface area contributed by atoms with Crippen molar-refractivity contribution >= 4 is 11.9 Å². The van der Waals surface area contributed by atoms with Crippen LogP contribution < -0.4 is 0 Å². The van der Waals surface area contributed by atoms with Crippen LogP contribution in [0.5, 0.6) is 0 Å². The maximum atomic E-state index is 12.2. The minimum atomic E-state index is -0.0408. The number of unbranched alkanes of at least 4 members (excludes halogenated alkanes) is 17. The lowest BCUT2D eigenvalue weighted by Gasteiger charge is -2.21. The fraction of sp³-hybridized carbons (Fsp3) is 0.911. The van der Waals surface area contributed by atoms with Crippen molar-refractivity contribution in [3.05, 3.63) is 12.2 Å². The molecule has 2 atom stereocenters. The first-order chi connectivity index (χ1) is 23.8. The number of carbonyl (C=O) groups is 2. The molecule has 0 bridgehead atoms. The quantitative estimate of drug-likeness (QED) is 0.0370. The molecule has 0 amide bonds. The zero-order valence-corrected chi connectivity index (χ0v) is 34.0. The molecule has 0 fully saturated rings. The third-order valence-corrected chi connectivity index (χ3v) is 10.5. The minimum Gasteiger partial charge on any atom is -0.466 e. The topological polar surface area (TPSA) is 52.6 Å². The van der Waals surface area contributed by atoms with E-state index in [0.29, 0.717) is 37.9 Å². The summed E-state index contributed by atoms with van der Waals surface area (Å²) in [5, 5.41) is 0. The average Bonchev–Trinajstić information content (AvgIpc) is 3.07. The maximum Gasteiger partial charge on any atom is 0.306 e. The summed E-state index contributed by atoms with van der Waals surface area (Å²) in [6, 6.07) is 0. The molecule has 0 spiro atoms. The van der Waals surface area contributed by atoms with Gasteiger partial charge in [0.1, 0.15) is 6.61 Å². The summed E-state index contributed by atoms with van der Waals surface area (Å²) in [6.07, 6.45) is 39.4. The second kappa shape index (κ2) is 36.5. The molecule has 0 saturated heterocycles. The Balaban J connectivity index is 3.74. The summed E-state index contributed by atoms with van der Waals surface area (Å²) in [7, 11) is 0. The molecule has 0 aliphatic carbocycles. The van der Waals surface area contributed by atoms with Crippen molar-refractivity contribution in [2.75, 3.05) is 13.2 Å². The Kier molecular flexibility index (Phi) is 35.5. The normalized spacial score (nSPS) is 13.1. The lowest BCUT2D eigenvalue weighted by molar-refractivity contribution is -0.144. The molecule has 0 aliphatic heterocycles. The molecule has 0 heterocycles. The van der Waals surface area contributed by atoms with Crippen LogP contribution in [-0.2, 0) is 19.1 Å². The highest BCUT2D eigenvalue weighted by atomic mass is 16.5. The van der Waals surface area contributed by atoms with E-state index in [0.717, 1.165) is 50.4 Å². The lowest BCUT2D eigenvalue weighted by Crippen LogP contribution is -2.15. The third kappa shape index (κ3) is 34.9. The summed E-state index contributed by atoms with van der Waals surface area (Å²) < 4.78 is 10.9. The molecular weight excluding hydrogens is 604 g/mol. The van der Waals surface area contributed by atoms with E-state index in [4.69, 9.17) is 9.47 Å². The zero-order chi connectivity index (χ0) is 36.2. The molecule has 0 N–H and O–H groups in total. The number of ether oxygens (including phenoxy) is 2. The number of hydrogen-bond donors (Lipinski definition) is 0. The van der Waals surface area contributed by atoms with Crippen LogP contribution in [0, 0.1) is 23.7 Å². The smallest absolute Gasteiger partial charge is 0.306 e. The van der Waals surface area contributed by atoms with Gasteiger partial charge >= 0.3 is 11.9 Å². The fourth-order valence-corrected chi connectivity index (χ4v) is 6.94. The third-order valence-electron chi connectivity index (χ3n) is 10.5. The molecule has 4 nitrogen and oxygen atoms in total. The van der Waals surface area contributed by atoms with Crippen LogP contribution in [0.3, 0.4) is 0 Å². The van der Waals surface area contributed by atoms with Gasteiger partial charge in [-0.05, 0) is 62.2 Å². The van der Waals surface area contributed by atoms with Crippen LogP contribution >= 0.6 is 0 Å². The highest BCUT2D eigenvalue weighted by molar-refractivity contribution is 5.69. The first-order valence-electron chi connectivity index (χ1n) is 21.8. The lowest BCUT2D eigenvalue weighted by atomic mass is 9.86. The Morgan fingerprint density at radius 1 is 0.490 bits per heavy atom. The van der Waals surface area contributed by atoms with Crippen molar-refractivity contribution in [3.8, 4) is 0 Å². The molecule has 4 heteroatoms. The van der Waals surface area contributed by atoms with E-state index in [1.165, 1.54) is 135 Å². The molecule has 290 valence electrons. The van der Waals surface area contributed by atoms with Gasteiger partial charge in [0.15, 0.2) is 0 Å². The zero-order valence-electron chi connectivity index (χ0n) is 34.0. The number of esters is 2. The number of allylic oxidation sites excluding steroid dienone is 1. The van der Waals surface area contributed by atoms with Gasteiger partial charge in [0.25, 0.3) is 0 Å². The van der Waals surface area contributed by atoms with E-state index in [1.807, 2.05) is 6.08 Å². The Bertz CT molecular complexity index is 742. The number of carbonyl (C=O) groups excluding carboxylic acids is 2. The highest BCUT2D eigenvalue weighted by Gasteiger charge is 2.15. The monoisotopic (exact) mass is 691 g/mol. The van der Waals surface area contributed by atoms with E-state index in [1.54, 1.807) is 0 Å². The largest absolute Gasteiger partial charge is 0.466 e. The molecule has 0 aromatic heterocycles. The first-order valence-corrected chi connectivity index (χ1v) is 21.8. The van der Waals surface area contributed by atoms with E-state index in [2.05, 4.69) is 47.6 Å². The van der Waals surface area contributed by atoms with Crippen LogP contribution in [-0.4, -0.2) is 25.2 Å². The van der Waals surface area contributed by atoms with Crippen molar-refractivity contribution in [2.45, 2.75) is 228 Å². The number of hydrogen-bond acceptors (Lipinski definition) is 4. The standard InChI is InChI=1S/C45H86O4/c1-7-9-11-12-19-24-29-38-48-44(46)33-27-22-17-13-15-20-25-31-42(30-10-8-2)32-26-21-16-14-18-23-28-34-45(47)49-39-37-43(41(5)6)36-35-40(3)4/h24,29,40-43H,7-23,25-28,30-39H2,1-6H3/b29-24-. The van der Waals surface area contributed by atoms with Crippen molar-refractivity contribution in [1.82, 2.24) is 0 Å². The van der Waals surface area contributed by atoms with E-state index >= 15 is 0 Å². The van der Waals surface area contributed by atoms with Crippen molar-refractivity contribution in [3.63, 3.8) is 0 Å². The fourth-order valence-electron chi connectivity index (χ4n) is 6.94. The first kappa shape index (κ1) is 47.7. The van der Waals surface area contributed by atoms with Gasteiger partial charge in [-0.3, -0.25) is 9.59 Å². The van der Waals surface area contributed by atoms with Crippen LogP contribution in [0.25, 0.3) is 0 Å². The highest BCUT2D eigenvalue weighted by Crippen LogP contribution is 2.25. The summed E-state index contributed by atoms with van der Waals surface area (Å²) in [4.78, 5) is 24.1. The molecule has 0 aromatic rings. The van der Waals surface area contributed by atoms with Crippen LogP contribution in [0.15, 0.2) is 12.2 Å².